The smallest absolute Gasteiger partial charge is 0.260 e. The number of ether oxygens (including phenoxy) is 1. The maximum absolute atomic E-state index is 12.8. The molecule has 0 bridgehead atoms. The summed E-state index contributed by atoms with van der Waals surface area (Å²) in [5.41, 5.74) is 7.91. The normalized spacial score (nSPS) is 11.1. The van der Waals surface area contributed by atoms with Crippen molar-refractivity contribution in [2.75, 3.05) is 12.9 Å². The highest BCUT2D eigenvalue weighted by Gasteiger charge is 2.17. The van der Waals surface area contributed by atoms with Crippen LogP contribution in [0.3, 0.4) is 0 Å². The minimum absolute atomic E-state index is 0.148. The Morgan fingerprint density at radius 2 is 2.15 bits per heavy atom. The number of hydrogen-bond acceptors (Lipinski definition) is 6. The number of thiophene rings is 1. The van der Waals surface area contributed by atoms with E-state index < -0.39 is 0 Å². The van der Waals surface area contributed by atoms with E-state index in [1.54, 1.807) is 7.11 Å². The summed E-state index contributed by atoms with van der Waals surface area (Å²) < 4.78 is 5.33. The van der Waals surface area contributed by atoms with Crippen molar-refractivity contribution >= 4 is 39.2 Å². The number of nitrogens with two attached hydrogens (primary N) is 1. The van der Waals surface area contributed by atoms with Crippen molar-refractivity contribution in [1.29, 1.82) is 0 Å². The molecule has 1 aromatic carbocycles. The van der Waals surface area contributed by atoms with Gasteiger partial charge in [-0.15, -0.1) is 11.3 Å². The first kappa shape index (κ1) is 19.4. The third kappa shape index (κ3) is 4.17. The van der Waals surface area contributed by atoms with E-state index in [0.717, 1.165) is 32.1 Å². The number of H-pyrrole nitrogens is 1. The Morgan fingerprint density at radius 3 is 2.81 bits per heavy atom. The quantitative estimate of drug-likeness (QED) is 0.357. The fourth-order valence-corrected chi connectivity index (χ4v) is 4.87. The Bertz CT molecular complexity index is 1060. The minimum atomic E-state index is -0.319. The lowest BCUT2D eigenvalue weighted by Crippen LogP contribution is -2.11. The molecular formula is C19H21N3O3S2. The van der Waals surface area contributed by atoms with E-state index in [4.69, 9.17) is 10.5 Å². The van der Waals surface area contributed by atoms with Gasteiger partial charge in [-0.2, -0.15) is 0 Å². The van der Waals surface area contributed by atoms with Gasteiger partial charge in [0, 0.05) is 22.6 Å². The highest BCUT2D eigenvalue weighted by Crippen LogP contribution is 2.37. The number of hydrogen-bond donors (Lipinski definition) is 2. The van der Waals surface area contributed by atoms with E-state index in [9.17, 15) is 9.59 Å². The molecule has 1 amide bonds. The van der Waals surface area contributed by atoms with Gasteiger partial charge < -0.3 is 15.5 Å². The fourth-order valence-electron chi connectivity index (χ4n) is 2.96. The highest BCUT2D eigenvalue weighted by molar-refractivity contribution is 7.99. The Balaban J connectivity index is 1.96. The van der Waals surface area contributed by atoms with E-state index in [0.29, 0.717) is 29.1 Å². The molecule has 0 aliphatic rings. The van der Waals surface area contributed by atoms with Gasteiger partial charge >= 0.3 is 0 Å². The molecule has 8 heteroatoms. The zero-order chi connectivity index (χ0) is 19.6. The van der Waals surface area contributed by atoms with Crippen LogP contribution in [-0.4, -0.2) is 28.7 Å². The van der Waals surface area contributed by atoms with Crippen LogP contribution in [0.25, 0.3) is 21.3 Å². The van der Waals surface area contributed by atoms with Crippen LogP contribution in [0, 0.1) is 13.8 Å². The Morgan fingerprint density at radius 1 is 1.37 bits per heavy atom. The Labute approximate surface area is 165 Å². The van der Waals surface area contributed by atoms with Gasteiger partial charge in [-0.25, -0.2) is 4.98 Å². The van der Waals surface area contributed by atoms with Gasteiger partial charge in [0.1, 0.15) is 10.6 Å². The second-order valence-corrected chi connectivity index (χ2v) is 8.47. The number of amides is 1. The van der Waals surface area contributed by atoms with E-state index in [1.807, 2.05) is 32.0 Å². The maximum atomic E-state index is 12.8. The summed E-state index contributed by atoms with van der Waals surface area (Å²) in [6.45, 7) is 3.98. The second kappa shape index (κ2) is 8.14. The molecule has 0 saturated heterocycles. The maximum Gasteiger partial charge on any atom is 0.260 e. The lowest BCUT2D eigenvalue weighted by atomic mass is 10.0. The molecule has 3 rings (SSSR count). The molecule has 27 heavy (non-hydrogen) atoms. The van der Waals surface area contributed by atoms with Crippen molar-refractivity contribution in [3.8, 4) is 16.9 Å². The summed E-state index contributed by atoms with van der Waals surface area (Å²) in [5, 5.41) is 1.18. The fraction of sp³-hybridized carbons (Fsp3) is 0.316. The average molecular weight is 404 g/mol. The molecule has 0 fully saturated rings. The van der Waals surface area contributed by atoms with Crippen molar-refractivity contribution in [1.82, 2.24) is 9.97 Å². The van der Waals surface area contributed by atoms with Gasteiger partial charge in [0.25, 0.3) is 5.56 Å². The summed E-state index contributed by atoms with van der Waals surface area (Å²) in [7, 11) is 1.64. The Hall–Kier alpha value is -2.32. The third-order valence-corrected chi connectivity index (χ3v) is 6.16. The van der Waals surface area contributed by atoms with Crippen molar-refractivity contribution in [2.24, 2.45) is 5.73 Å². The molecule has 3 aromatic rings. The second-order valence-electron chi connectivity index (χ2n) is 6.19. The van der Waals surface area contributed by atoms with E-state index in [2.05, 4.69) is 9.97 Å². The number of nitrogens with zero attached hydrogens (tertiary/aromatic N) is 1. The van der Waals surface area contributed by atoms with Crippen LogP contribution in [0.2, 0.25) is 0 Å². The number of fused-ring (bicyclic) bond motifs is 1. The summed E-state index contributed by atoms with van der Waals surface area (Å²) in [4.78, 5) is 32.8. The minimum Gasteiger partial charge on any atom is -0.496 e. The number of aromatic nitrogens is 2. The molecule has 2 heterocycles. The van der Waals surface area contributed by atoms with Gasteiger partial charge in [-0.1, -0.05) is 17.8 Å². The summed E-state index contributed by atoms with van der Waals surface area (Å²) in [6.07, 6.45) is 0.986. The molecule has 0 saturated carbocycles. The molecule has 0 unspecified atom stereocenters. The number of nitrogens with one attached hydrogen (secondary N) is 1. The number of thioether (sulfide) groups is 1. The number of carbonyl (C=O) groups excluding carboxylic acids is 1. The molecule has 0 spiro atoms. The molecule has 0 aliphatic heterocycles. The number of carbonyl (C=O) groups is 1. The predicted molar refractivity (Wildman–Crippen MR) is 111 cm³/mol. The van der Waals surface area contributed by atoms with Crippen LogP contribution >= 0.6 is 23.1 Å². The number of primary amides is 1. The first-order chi connectivity index (χ1) is 12.9. The lowest BCUT2D eigenvalue weighted by Gasteiger charge is -2.08. The number of rotatable bonds is 7. The van der Waals surface area contributed by atoms with Crippen molar-refractivity contribution in [2.45, 2.75) is 31.8 Å². The summed E-state index contributed by atoms with van der Waals surface area (Å²) in [5.74, 6) is 1.17. The predicted octanol–water partition coefficient (Wildman–Crippen LogP) is 3.63. The molecule has 6 nitrogen and oxygen atoms in total. The van der Waals surface area contributed by atoms with E-state index in [1.165, 1.54) is 23.1 Å². The molecule has 142 valence electrons. The largest absolute Gasteiger partial charge is 0.496 e. The summed E-state index contributed by atoms with van der Waals surface area (Å²) >= 11 is 2.94. The van der Waals surface area contributed by atoms with Crippen LogP contribution in [-0.2, 0) is 4.79 Å². The van der Waals surface area contributed by atoms with Gasteiger partial charge in [0.05, 0.1) is 12.5 Å². The first-order valence-electron chi connectivity index (χ1n) is 8.50. The molecule has 3 N–H and O–H groups in total. The van der Waals surface area contributed by atoms with Gasteiger partial charge in [-0.05, 0) is 43.5 Å². The monoisotopic (exact) mass is 403 g/mol. The molecular weight excluding hydrogens is 382 g/mol. The number of benzene rings is 1. The number of methoxy groups -OCH3 is 1. The van der Waals surface area contributed by atoms with Crippen LogP contribution in [0.1, 0.15) is 23.3 Å². The number of aromatic amines is 1. The number of aryl methyl sites for hydroxylation is 2. The van der Waals surface area contributed by atoms with Gasteiger partial charge in [-0.3, -0.25) is 9.59 Å². The topological polar surface area (TPSA) is 98.1 Å². The molecule has 0 atom stereocenters. The highest BCUT2D eigenvalue weighted by atomic mass is 32.2. The zero-order valence-electron chi connectivity index (χ0n) is 15.4. The van der Waals surface area contributed by atoms with E-state index >= 15 is 0 Å². The Kier molecular flexibility index (Phi) is 5.86. The van der Waals surface area contributed by atoms with Crippen molar-refractivity contribution in [3.05, 3.63) is 39.0 Å². The zero-order valence-corrected chi connectivity index (χ0v) is 17.1. The van der Waals surface area contributed by atoms with E-state index in [-0.39, 0.29) is 11.5 Å². The van der Waals surface area contributed by atoms with Gasteiger partial charge in [0.2, 0.25) is 5.91 Å². The van der Waals surface area contributed by atoms with Crippen molar-refractivity contribution in [3.63, 3.8) is 0 Å². The standard InChI is InChI=1S/C19H21N3O3S2/c1-10-9-12(6-7-13(10)25-3)15-11(2)27-18-16(15)17(24)21-19(22-18)26-8-4-5-14(20)23/h6-7,9H,4-5,8H2,1-3H3,(H2,20,23)(H,21,22,24). The van der Waals surface area contributed by atoms with Crippen molar-refractivity contribution < 1.29 is 9.53 Å². The van der Waals surface area contributed by atoms with Crippen LogP contribution in [0.15, 0.2) is 28.2 Å². The lowest BCUT2D eigenvalue weighted by molar-refractivity contribution is -0.118. The molecule has 0 aliphatic carbocycles. The van der Waals surface area contributed by atoms with Crippen LogP contribution in [0.4, 0.5) is 0 Å². The first-order valence-corrected chi connectivity index (χ1v) is 10.3. The summed E-state index contributed by atoms with van der Waals surface area (Å²) in [6, 6.07) is 5.91. The van der Waals surface area contributed by atoms with Gasteiger partial charge in [0.15, 0.2) is 5.16 Å². The van der Waals surface area contributed by atoms with Crippen LogP contribution < -0.4 is 16.0 Å². The molecule has 0 radical (unpaired) electrons. The average Bonchev–Trinajstić information content (AvgIpc) is 2.95. The molecule has 2 aromatic heterocycles. The third-order valence-electron chi connectivity index (χ3n) is 4.21. The van der Waals surface area contributed by atoms with Crippen LogP contribution in [0.5, 0.6) is 5.75 Å². The SMILES string of the molecule is COc1ccc(-c2c(C)sc3nc(SCCCC(N)=O)[nH]c(=O)c23)cc1C.